The fourth-order valence-electron chi connectivity index (χ4n) is 1.72. The third kappa shape index (κ3) is 3.03. The molecule has 1 aromatic carbocycles. The standard InChI is InChI=1S/C13H16N2OS/c1-17-8-2-6-15-13(16)11-3-4-12-10(9-11)5-7-14-12/h3-5,7,9,14H,2,6,8H2,1H3,(H,15,16). The van der Waals surface area contributed by atoms with Gasteiger partial charge in [-0.15, -0.1) is 0 Å². The molecular weight excluding hydrogens is 232 g/mol. The second-order valence-corrected chi connectivity index (χ2v) is 4.87. The Labute approximate surface area is 105 Å². The third-order valence-electron chi connectivity index (χ3n) is 2.63. The molecule has 0 atom stereocenters. The molecule has 0 saturated carbocycles. The smallest absolute Gasteiger partial charge is 0.251 e. The van der Waals surface area contributed by atoms with E-state index in [-0.39, 0.29) is 5.91 Å². The van der Waals surface area contributed by atoms with Crippen molar-refractivity contribution in [3.63, 3.8) is 0 Å². The van der Waals surface area contributed by atoms with E-state index >= 15 is 0 Å². The van der Waals surface area contributed by atoms with Gasteiger partial charge in [-0.1, -0.05) is 0 Å². The summed E-state index contributed by atoms with van der Waals surface area (Å²) in [7, 11) is 0. The molecule has 4 heteroatoms. The summed E-state index contributed by atoms with van der Waals surface area (Å²) in [4.78, 5) is 15.0. The van der Waals surface area contributed by atoms with E-state index in [0.29, 0.717) is 0 Å². The van der Waals surface area contributed by atoms with Crippen LogP contribution in [0.3, 0.4) is 0 Å². The number of carbonyl (C=O) groups is 1. The number of thioether (sulfide) groups is 1. The number of carbonyl (C=O) groups excluding carboxylic acids is 1. The Morgan fingerprint density at radius 1 is 1.41 bits per heavy atom. The van der Waals surface area contributed by atoms with Crippen LogP contribution in [0.15, 0.2) is 30.5 Å². The lowest BCUT2D eigenvalue weighted by Crippen LogP contribution is -2.24. The number of amides is 1. The number of hydrogen-bond acceptors (Lipinski definition) is 2. The van der Waals surface area contributed by atoms with Crippen molar-refractivity contribution in [2.75, 3.05) is 18.6 Å². The van der Waals surface area contributed by atoms with Gasteiger partial charge in [0.2, 0.25) is 0 Å². The van der Waals surface area contributed by atoms with Crippen LogP contribution in [0.25, 0.3) is 10.9 Å². The van der Waals surface area contributed by atoms with Gasteiger partial charge in [-0.2, -0.15) is 11.8 Å². The molecule has 0 unspecified atom stereocenters. The highest BCUT2D eigenvalue weighted by atomic mass is 32.2. The molecule has 0 aliphatic heterocycles. The minimum atomic E-state index is 0.00852. The zero-order chi connectivity index (χ0) is 12.1. The van der Waals surface area contributed by atoms with E-state index in [1.807, 2.05) is 30.5 Å². The Bertz CT molecular complexity index is 507. The summed E-state index contributed by atoms with van der Waals surface area (Å²) in [6.45, 7) is 0.741. The summed E-state index contributed by atoms with van der Waals surface area (Å²) in [5.74, 6) is 1.09. The minimum Gasteiger partial charge on any atom is -0.361 e. The molecule has 0 spiro atoms. The van der Waals surface area contributed by atoms with Crippen LogP contribution in [-0.2, 0) is 0 Å². The number of hydrogen-bond donors (Lipinski definition) is 2. The Hall–Kier alpha value is -1.42. The first-order valence-electron chi connectivity index (χ1n) is 5.65. The number of rotatable bonds is 5. The van der Waals surface area contributed by atoms with Gasteiger partial charge in [-0.3, -0.25) is 4.79 Å². The van der Waals surface area contributed by atoms with Gasteiger partial charge in [0, 0.05) is 29.2 Å². The van der Waals surface area contributed by atoms with Gasteiger partial charge in [0.25, 0.3) is 5.91 Å². The molecule has 90 valence electrons. The lowest BCUT2D eigenvalue weighted by molar-refractivity contribution is 0.0954. The summed E-state index contributed by atoms with van der Waals surface area (Å²) in [6, 6.07) is 7.67. The summed E-state index contributed by atoms with van der Waals surface area (Å²) in [5.41, 5.74) is 1.78. The first-order valence-corrected chi connectivity index (χ1v) is 7.05. The highest BCUT2D eigenvalue weighted by Gasteiger charge is 2.05. The fraction of sp³-hybridized carbons (Fsp3) is 0.308. The molecule has 2 aromatic rings. The molecule has 1 amide bonds. The van der Waals surface area contributed by atoms with Crippen LogP contribution in [-0.4, -0.2) is 29.4 Å². The highest BCUT2D eigenvalue weighted by Crippen LogP contribution is 2.14. The predicted molar refractivity (Wildman–Crippen MR) is 73.6 cm³/mol. The van der Waals surface area contributed by atoms with Crippen molar-refractivity contribution in [2.45, 2.75) is 6.42 Å². The van der Waals surface area contributed by atoms with Crippen LogP contribution in [0, 0.1) is 0 Å². The van der Waals surface area contributed by atoms with Crippen molar-refractivity contribution in [3.05, 3.63) is 36.0 Å². The average molecular weight is 248 g/mol. The zero-order valence-corrected chi connectivity index (χ0v) is 10.6. The Kier molecular flexibility index (Phi) is 4.09. The van der Waals surface area contributed by atoms with E-state index in [1.165, 1.54) is 0 Å². The van der Waals surface area contributed by atoms with Crippen LogP contribution in [0.5, 0.6) is 0 Å². The molecule has 1 aromatic heterocycles. The molecule has 0 fully saturated rings. The maximum Gasteiger partial charge on any atom is 0.251 e. The maximum atomic E-state index is 11.8. The molecule has 0 aliphatic carbocycles. The first-order chi connectivity index (χ1) is 8.31. The molecule has 17 heavy (non-hydrogen) atoms. The first kappa shape index (κ1) is 12.0. The lowest BCUT2D eigenvalue weighted by atomic mass is 10.1. The Balaban J connectivity index is 1.98. The zero-order valence-electron chi connectivity index (χ0n) is 9.82. The van der Waals surface area contributed by atoms with Gasteiger partial charge < -0.3 is 10.3 Å². The average Bonchev–Trinajstić information content (AvgIpc) is 2.81. The minimum absolute atomic E-state index is 0.00852. The third-order valence-corrected chi connectivity index (χ3v) is 3.32. The van der Waals surface area contributed by atoms with Crippen LogP contribution < -0.4 is 5.32 Å². The molecule has 0 saturated heterocycles. The van der Waals surface area contributed by atoms with Crippen LogP contribution in [0.1, 0.15) is 16.8 Å². The van der Waals surface area contributed by atoms with Gasteiger partial charge in [0.05, 0.1) is 0 Å². The second kappa shape index (κ2) is 5.77. The van der Waals surface area contributed by atoms with Gasteiger partial charge in [0.1, 0.15) is 0 Å². The van der Waals surface area contributed by atoms with Crippen molar-refractivity contribution < 1.29 is 4.79 Å². The van der Waals surface area contributed by atoms with Crippen molar-refractivity contribution in [2.24, 2.45) is 0 Å². The van der Waals surface area contributed by atoms with Crippen molar-refractivity contribution in [1.82, 2.24) is 10.3 Å². The van der Waals surface area contributed by atoms with Crippen molar-refractivity contribution in [3.8, 4) is 0 Å². The van der Waals surface area contributed by atoms with E-state index in [9.17, 15) is 4.79 Å². The van der Waals surface area contributed by atoms with Gasteiger partial charge in [-0.25, -0.2) is 0 Å². The Morgan fingerprint density at radius 3 is 3.12 bits per heavy atom. The van der Waals surface area contributed by atoms with Crippen molar-refractivity contribution >= 4 is 28.6 Å². The van der Waals surface area contributed by atoms with Crippen molar-refractivity contribution in [1.29, 1.82) is 0 Å². The van der Waals surface area contributed by atoms with E-state index in [1.54, 1.807) is 11.8 Å². The van der Waals surface area contributed by atoms with E-state index in [0.717, 1.165) is 35.2 Å². The molecule has 0 aliphatic rings. The summed E-state index contributed by atoms with van der Waals surface area (Å²) < 4.78 is 0. The van der Waals surface area contributed by atoms with Gasteiger partial charge >= 0.3 is 0 Å². The molecule has 0 radical (unpaired) electrons. The topological polar surface area (TPSA) is 44.9 Å². The summed E-state index contributed by atoms with van der Waals surface area (Å²) in [5, 5.41) is 4.00. The predicted octanol–water partition coefficient (Wildman–Crippen LogP) is 2.65. The van der Waals surface area contributed by atoms with E-state index < -0.39 is 0 Å². The number of nitrogens with one attached hydrogen (secondary N) is 2. The number of aromatic nitrogens is 1. The second-order valence-electron chi connectivity index (χ2n) is 3.88. The van der Waals surface area contributed by atoms with Crippen LogP contribution in [0.2, 0.25) is 0 Å². The SMILES string of the molecule is CSCCCNC(=O)c1ccc2[nH]ccc2c1. The van der Waals surface area contributed by atoms with Crippen LogP contribution >= 0.6 is 11.8 Å². The number of fused-ring (bicyclic) bond motifs is 1. The molecule has 0 bridgehead atoms. The number of aromatic amines is 1. The Morgan fingerprint density at radius 2 is 2.29 bits per heavy atom. The maximum absolute atomic E-state index is 11.8. The number of benzene rings is 1. The normalized spacial score (nSPS) is 10.6. The van der Waals surface area contributed by atoms with Gasteiger partial charge in [0.15, 0.2) is 0 Å². The highest BCUT2D eigenvalue weighted by molar-refractivity contribution is 7.98. The van der Waals surface area contributed by atoms with Crippen LogP contribution in [0.4, 0.5) is 0 Å². The molecule has 1 heterocycles. The molecule has 2 rings (SSSR count). The monoisotopic (exact) mass is 248 g/mol. The number of H-pyrrole nitrogens is 1. The quantitative estimate of drug-likeness (QED) is 0.799. The van der Waals surface area contributed by atoms with E-state index in [2.05, 4.69) is 16.6 Å². The van der Waals surface area contributed by atoms with Gasteiger partial charge in [-0.05, 0) is 42.7 Å². The molecule has 2 N–H and O–H groups in total. The molecular formula is C13H16N2OS. The summed E-state index contributed by atoms with van der Waals surface area (Å²) in [6.07, 6.45) is 4.96. The summed E-state index contributed by atoms with van der Waals surface area (Å²) >= 11 is 1.80. The van der Waals surface area contributed by atoms with E-state index in [4.69, 9.17) is 0 Å². The fourth-order valence-corrected chi connectivity index (χ4v) is 2.15. The largest absolute Gasteiger partial charge is 0.361 e. The lowest BCUT2D eigenvalue weighted by Gasteiger charge is -2.04. The molecule has 3 nitrogen and oxygen atoms in total.